The molecule has 1 aromatic heterocycles. The molecule has 0 aliphatic rings. The fourth-order valence-corrected chi connectivity index (χ4v) is 2.35. The third kappa shape index (κ3) is 4.90. The number of aryl methyl sites for hydroxylation is 2. The van der Waals surface area contributed by atoms with Gasteiger partial charge in [0.15, 0.2) is 0 Å². The van der Waals surface area contributed by atoms with Gasteiger partial charge in [-0.25, -0.2) is 4.98 Å². The molecule has 0 saturated carbocycles. The molecule has 0 aliphatic heterocycles. The van der Waals surface area contributed by atoms with E-state index in [0.29, 0.717) is 6.04 Å². The minimum absolute atomic E-state index is 0.507. The highest BCUT2D eigenvalue weighted by atomic mass is 16.5. The van der Waals surface area contributed by atoms with E-state index in [9.17, 15) is 0 Å². The molecule has 0 aliphatic carbocycles. The van der Waals surface area contributed by atoms with E-state index in [1.165, 1.54) is 5.56 Å². The molecule has 4 heteroatoms. The quantitative estimate of drug-likeness (QED) is 0.811. The monoisotopic (exact) mass is 287 g/mol. The zero-order chi connectivity index (χ0) is 15.1. The Bertz CT molecular complexity index is 533. The van der Waals surface area contributed by atoms with Crippen LogP contribution < -0.4 is 10.1 Å². The molecule has 0 saturated heterocycles. The van der Waals surface area contributed by atoms with Crippen LogP contribution in [0.4, 0.5) is 0 Å². The molecule has 0 spiro atoms. The van der Waals surface area contributed by atoms with Crippen LogP contribution in [0, 0.1) is 0 Å². The second-order valence-corrected chi connectivity index (χ2v) is 5.45. The first kappa shape index (κ1) is 15.6. The molecule has 1 aromatic carbocycles. The number of hydrogen-bond acceptors (Lipinski definition) is 3. The van der Waals surface area contributed by atoms with Gasteiger partial charge in [0, 0.05) is 38.4 Å². The topological polar surface area (TPSA) is 39.1 Å². The molecule has 1 heterocycles. The predicted molar refractivity (Wildman–Crippen MR) is 85.7 cm³/mol. The van der Waals surface area contributed by atoms with Gasteiger partial charge in [-0.3, -0.25) is 0 Å². The minimum atomic E-state index is 0.507. The third-order valence-corrected chi connectivity index (χ3v) is 3.79. The zero-order valence-electron chi connectivity index (χ0n) is 13.2. The van der Waals surface area contributed by atoms with Crippen LogP contribution in [-0.4, -0.2) is 29.2 Å². The molecule has 4 nitrogen and oxygen atoms in total. The average Bonchev–Trinajstić information content (AvgIpc) is 2.91. The van der Waals surface area contributed by atoms with Crippen LogP contribution in [0.25, 0.3) is 0 Å². The first-order chi connectivity index (χ1) is 10.2. The number of aromatic nitrogens is 2. The number of nitrogens with one attached hydrogen (secondary N) is 1. The summed E-state index contributed by atoms with van der Waals surface area (Å²) in [4.78, 5) is 4.33. The molecular formula is C17H25N3O. The summed E-state index contributed by atoms with van der Waals surface area (Å²) in [6.45, 7) is 3.20. The van der Waals surface area contributed by atoms with Crippen molar-refractivity contribution in [3.05, 3.63) is 48.0 Å². The lowest BCUT2D eigenvalue weighted by Gasteiger charge is -2.14. The Kier molecular flexibility index (Phi) is 5.81. The van der Waals surface area contributed by atoms with Gasteiger partial charge in [-0.15, -0.1) is 0 Å². The van der Waals surface area contributed by atoms with E-state index in [1.54, 1.807) is 7.11 Å². The highest BCUT2D eigenvalue weighted by Crippen LogP contribution is 2.13. The number of methoxy groups -OCH3 is 1. The van der Waals surface area contributed by atoms with E-state index in [1.807, 2.05) is 31.6 Å². The van der Waals surface area contributed by atoms with Crippen molar-refractivity contribution in [2.45, 2.75) is 32.2 Å². The van der Waals surface area contributed by atoms with Crippen molar-refractivity contribution in [1.29, 1.82) is 0 Å². The largest absolute Gasteiger partial charge is 0.497 e. The van der Waals surface area contributed by atoms with Gasteiger partial charge in [0.1, 0.15) is 11.6 Å². The van der Waals surface area contributed by atoms with Gasteiger partial charge in [0.05, 0.1) is 7.11 Å². The summed E-state index contributed by atoms with van der Waals surface area (Å²) < 4.78 is 7.25. The molecule has 114 valence electrons. The fourth-order valence-electron chi connectivity index (χ4n) is 2.35. The van der Waals surface area contributed by atoms with E-state index in [2.05, 4.69) is 33.9 Å². The Hall–Kier alpha value is -1.81. The molecule has 1 unspecified atom stereocenters. The van der Waals surface area contributed by atoms with Gasteiger partial charge >= 0.3 is 0 Å². The van der Waals surface area contributed by atoms with Crippen LogP contribution >= 0.6 is 0 Å². The van der Waals surface area contributed by atoms with Gasteiger partial charge in [-0.05, 0) is 37.5 Å². The van der Waals surface area contributed by atoms with Gasteiger partial charge in [0.2, 0.25) is 0 Å². The number of nitrogens with zero attached hydrogens (tertiary/aromatic N) is 2. The van der Waals surface area contributed by atoms with Gasteiger partial charge in [0.25, 0.3) is 0 Å². The van der Waals surface area contributed by atoms with E-state index in [0.717, 1.165) is 37.4 Å². The molecule has 2 aromatic rings. The predicted octanol–water partition coefficient (Wildman–Crippen LogP) is 2.58. The second-order valence-electron chi connectivity index (χ2n) is 5.45. The first-order valence-corrected chi connectivity index (χ1v) is 7.51. The summed E-state index contributed by atoms with van der Waals surface area (Å²) in [6, 6.07) is 8.83. The Morgan fingerprint density at radius 2 is 2.00 bits per heavy atom. The average molecular weight is 287 g/mol. The standard InChI is InChI=1S/C17H25N3O/c1-14(18-11-10-17-19-12-13-20(17)2)4-5-15-6-8-16(21-3)9-7-15/h6-9,12-14,18H,4-5,10-11H2,1-3H3. The minimum Gasteiger partial charge on any atom is -0.497 e. The van der Waals surface area contributed by atoms with E-state index in [4.69, 9.17) is 4.74 Å². The van der Waals surface area contributed by atoms with E-state index >= 15 is 0 Å². The lowest BCUT2D eigenvalue weighted by molar-refractivity contribution is 0.414. The number of ether oxygens (including phenoxy) is 1. The van der Waals surface area contributed by atoms with Crippen molar-refractivity contribution in [1.82, 2.24) is 14.9 Å². The zero-order valence-corrected chi connectivity index (χ0v) is 13.2. The number of imidazole rings is 1. The molecule has 1 N–H and O–H groups in total. The number of rotatable bonds is 8. The Balaban J connectivity index is 1.67. The Morgan fingerprint density at radius 3 is 2.62 bits per heavy atom. The molecule has 0 amide bonds. The highest BCUT2D eigenvalue weighted by Gasteiger charge is 2.04. The SMILES string of the molecule is COc1ccc(CCC(C)NCCc2nccn2C)cc1. The van der Waals surface area contributed by atoms with Crippen LogP contribution in [0.5, 0.6) is 5.75 Å². The molecule has 21 heavy (non-hydrogen) atoms. The van der Waals surface area contributed by atoms with Crippen molar-refractivity contribution in [2.75, 3.05) is 13.7 Å². The molecular weight excluding hydrogens is 262 g/mol. The summed E-state index contributed by atoms with van der Waals surface area (Å²) in [5.41, 5.74) is 1.36. The summed E-state index contributed by atoms with van der Waals surface area (Å²) in [5.74, 6) is 2.05. The Labute approximate surface area is 127 Å². The highest BCUT2D eigenvalue weighted by molar-refractivity contribution is 5.27. The van der Waals surface area contributed by atoms with Crippen LogP contribution in [0.2, 0.25) is 0 Å². The van der Waals surface area contributed by atoms with Crippen LogP contribution in [0.3, 0.4) is 0 Å². The molecule has 2 rings (SSSR count). The van der Waals surface area contributed by atoms with Gasteiger partial charge in [-0.1, -0.05) is 12.1 Å². The normalized spacial score (nSPS) is 12.3. The summed E-state index contributed by atoms with van der Waals surface area (Å²) in [5, 5.41) is 3.56. The van der Waals surface area contributed by atoms with Crippen molar-refractivity contribution in [3.8, 4) is 5.75 Å². The van der Waals surface area contributed by atoms with E-state index < -0.39 is 0 Å². The van der Waals surface area contributed by atoms with Crippen LogP contribution in [0.1, 0.15) is 24.7 Å². The summed E-state index contributed by atoms with van der Waals surface area (Å²) >= 11 is 0. The summed E-state index contributed by atoms with van der Waals surface area (Å²) in [7, 11) is 3.73. The van der Waals surface area contributed by atoms with Crippen molar-refractivity contribution < 1.29 is 4.74 Å². The lowest BCUT2D eigenvalue weighted by Crippen LogP contribution is -2.29. The molecule has 0 fully saturated rings. The smallest absolute Gasteiger partial charge is 0.118 e. The first-order valence-electron chi connectivity index (χ1n) is 7.51. The lowest BCUT2D eigenvalue weighted by atomic mass is 10.1. The van der Waals surface area contributed by atoms with Crippen LogP contribution in [0.15, 0.2) is 36.7 Å². The molecule has 0 bridgehead atoms. The third-order valence-electron chi connectivity index (χ3n) is 3.79. The number of hydrogen-bond donors (Lipinski definition) is 1. The van der Waals surface area contributed by atoms with Gasteiger partial charge in [-0.2, -0.15) is 0 Å². The number of benzene rings is 1. The van der Waals surface area contributed by atoms with Crippen molar-refractivity contribution in [3.63, 3.8) is 0 Å². The van der Waals surface area contributed by atoms with Crippen molar-refractivity contribution in [2.24, 2.45) is 7.05 Å². The summed E-state index contributed by atoms with van der Waals surface area (Å²) in [6.07, 6.45) is 7.02. The maximum absolute atomic E-state index is 5.17. The fraction of sp³-hybridized carbons (Fsp3) is 0.471. The maximum atomic E-state index is 5.17. The van der Waals surface area contributed by atoms with Gasteiger partial charge < -0.3 is 14.6 Å². The maximum Gasteiger partial charge on any atom is 0.118 e. The van der Waals surface area contributed by atoms with E-state index in [-0.39, 0.29) is 0 Å². The molecule has 1 atom stereocenters. The Morgan fingerprint density at radius 1 is 1.24 bits per heavy atom. The second kappa shape index (κ2) is 7.84. The van der Waals surface area contributed by atoms with Crippen LogP contribution in [-0.2, 0) is 19.9 Å². The molecule has 0 radical (unpaired) electrons. The van der Waals surface area contributed by atoms with Crippen molar-refractivity contribution >= 4 is 0 Å².